The molecule has 2 rings (SSSR count). The van der Waals surface area contributed by atoms with E-state index >= 15 is 0 Å². The van der Waals surface area contributed by atoms with Crippen LogP contribution in [0.4, 0.5) is 5.69 Å². The number of rotatable bonds is 4. The average molecular weight is 298 g/mol. The first kappa shape index (κ1) is 15.5. The van der Waals surface area contributed by atoms with Crippen molar-refractivity contribution >= 4 is 17.3 Å². The minimum absolute atomic E-state index is 0.128. The molecule has 4 heteroatoms. The molecule has 0 aliphatic carbocycles. The molecular weight excluding hydrogens is 274 g/mol. The Bertz CT molecular complexity index is 440. The van der Waals surface area contributed by atoms with Gasteiger partial charge < -0.3 is 14.8 Å². The zero-order valence-corrected chi connectivity index (χ0v) is 13.4. The maximum Gasteiger partial charge on any atom is 0.138 e. The monoisotopic (exact) mass is 297 g/mol. The van der Waals surface area contributed by atoms with Crippen molar-refractivity contribution in [3.05, 3.63) is 23.2 Å². The number of halogens is 1. The van der Waals surface area contributed by atoms with E-state index in [1.807, 2.05) is 32.0 Å². The molecule has 1 N–H and O–H groups in total. The topological polar surface area (TPSA) is 30.5 Å². The van der Waals surface area contributed by atoms with Gasteiger partial charge in [-0.3, -0.25) is 0 Å². The Labute approximate surface area is 126 Å². The first-order chi connectivity index (χ1) is 9.44. The van der Waals surface area contributed by atoms with Crippen molar-refractivity contribution in [2.75, 3.05) is 5.32 Å². The minimum atomic E-state index is 0.128. The molecule has 20 heavy (non-hydrogen) atoms. The number of hydrogen-bond acceptors (Lipinski definition) is 3. The molecule has 1 aliphatic rings. The van der Waals surface area contributed by atoms with E-state index in [2.05, 4.69) is 19.2 Å². The van der Waals surface area contributed by atoms with Crippen LogP contribution >= 0.6 is 11.6 Å². The van der Waals surface area contributed by atoms with E-state index in [0.29, 0.717) is 23.3 Å². The maximum absolute atomic E-state index is 6.26. The molecule has 2 unspecified atom stereocenters. The second kappa shape index (κ2) is 6.68. The first-order valence-corrected chi connectivity index (χ1v) is 7.70. The van der Waals surface area contributed by atoms with E-state index in [1.54, 1.807) is 0 Å². The van der Waals surface area contributed by atoms with Gasteiger partial charge in [0.05, 0.1) is 23.3 Å². The van der Waals surface area contributed by atoms with Crippen molar-refractivity contribution < 1.29 is 9.47 Å². The van der Waals surface area contributed by atoms with Crippen LogP contribution in [-0.4, -0.2) is 24.4 Å². The second-order valence-electron chi connectivity index (χ2n) is 5.88. The smallest absolute Gasteiger partial charge is 0.138 e. The van der Waals surface area contributed by atoms with Crippen LogP contribution < -0.4 is 10.1 Å². The predicted molar refractivity (Wildman–Crippen MR) is 83.9 cm³/mol. The lowest BCUT2D eigenvalue weighted by Gasteiger charge is -2.33. The molecule has 1 saturated heterocycles. The van der Waals surface area contributed by atoms with Crippen molar-refractivity contribution in [1.29, 1.82) is 0 Å². The van der Waals surface area contributed by atoms with Crippen molar-refractivity contribution in [2.45, 2.75) is 64.9 Å². The van der Waals surface area contributed by atoms with E-state index < -0.39 is 0 Å². The molecular formula is C16H24ClNO2. The van der Waals surface area contributed by atoms with Crippen molar-refractivity contribution in [3.63, 3.8) is 0 Å². The summed E-state index contributed by atoms with van der Waals surface area (Å²) in [5.41, 5.74) is 1.04. The van der Waals surface area contributed by atoms with Gasteiger partial charge in [0.25, 0.3) is 0 Å². The molecule has 0 spiro atoms. The Kier molecular flexibility index (Phi) is 5.17. The highest BCUT2D eigenvalue weighted by Crippen LogP contribution is 2.30. The van der Waals surface area contributed by atoms with E-state index in [1.165, 1.54) is 0 Å². The number of ether oxygens (including phenoxy) is 2. The molecule has 0 aromatic heterocycles. The van der Waals surface area contributed by atoms with Gasteiger partial charge in [-0.2, -0.15) is 0 Å². The molecule has 0 amide bonds. The average Bonchev–Trinajstić information content (AvgIpc) is 2.31. The van der Waals surface area contributed by atoms with Crippen LogP contribution in [0.25, 0.3) is 0 Å². The Balaban J connectivity index is 2.01. The van der Waals surface area contributed by atoms with Gasteiger partial charge in [0.1, 0.15) is 5.75 Å². The van der Waals surface area contributed by atoms with E-state index in [0.717, 1.165) is 24.3 Å². The van der Waals surface area contributed by atoms with Crippen LogP contribution in [0.2, 0.25) is 5.02 Å². The maximum atomic E-state index is 6.26. The molecule has 1 fully saturated rings. The summed E-state index contributed by atoms with van der Waals surface area (Å²) in [6, 6.07) is 6.32. The summed E-state index contributed by atoms with van der Waals surface area (Å²) >= 11 is 6.26. The zero-order chi connectivity index (χ0) is 14.7. The summed E-state index contributed by atoms with van der Waals surface area (Å²) in [7, 11) is 0. The molecule has 1 heterocycles. The third-order valence-corrected chi connectivity index (χ3v) is 3.66. The fourth-order valence-electron chi connectivity index (χ4n) is 2.70. The lowest BCUT2D eigenvalue weighted by Crippen LogP contribution is -2.36. The highest BCUT2D eigenvalue weighted by atomic mass is 35.5. The molecule has 2 atom stereocenters. The summed E-state index contributed by atoms with van der Waals surface area (Å²) < 4.78 is 11.4. The van der Waals surface area contributed by atoms with Gasteiger partial charge in [0, 0.05) is 11.7 Å². The Morgan fingerprint density at radius 3 is 2.45 bits per heavy atom. The predicted octanol–water partition coefficient (Wildman–Crippen LogP) is 4.50. The van der Waals surface area contributed by atoms with Crippen molar-refractivity contribution in [1.82, 2.24) is 0 Å². The van der Waals surface area contributed by atoms with Gasteiger partial charge >= 0.3 is 0 Å². The van der Waals surface area contributed by atoms with Gasteiger partial charge in [-0.15, -0.1) is 0 Å². The minimum Gasteiger partial charge on any atom is -0.489 e. The molecule has 3 nitrogen and oxygen atoms in total. The number of nitrogens with one attached hydrogen (secondary N) is 1. The fraction of sp³-hybridized carbons (Fsp3) is 0.625. The van der Waals surface area contributed by atoms with Gasteiger partial charge in [-0.25, -0.2) is 0 Å². The molecule has 0 radical (unpaired) electrons. The second-order valence-corrected chi connectivity index (χ2v) is 6.29. The molecule has 112 valence electrons. The van der Waals surface area contributed by atoms with Crippen LogP contribution in [0.3, 0.4) is 0 Å². The van der Waals surface area contributed by atoms with Crippen molar-refractivity contribution in [2.24, 2.45) is 0 Å². The van der Waals surface area contributed by atoms with E-state index in [9.17, 15) is 0 Å². The largest absolute Gasteiger partial charge is 0.489 e. The van der Waals surface area contributed by atoms with Crippen molar-refractivity contribution in [3.8, 4) is 5.75 Å². The van der Waals surface area contributed by atoms with Gasteiger partial charge in [0.15, 0.2) is 0 Å². The first-order valence-electron chi connectivity index (χ1n) is 7.32. The highest BCUT2D eigenvalue weighted by Gasteiger charge is 2.24. The van der Waals surface area contributed by atoms with Gasteiger partial charge in [0.2, 0.25) is 0 Å². The van der Waals surface area contributed by atoms with Crippen LogP contribution in [-0.2, 0) is 4.74 Å². The molecule has 1 aromatic carbocycles. The van der Waals surface area contributed by atoms with E-state index in [4.69, 9.17) is 21.1 Å². The SMILES string of the molecule is CC(C)Oc1ccc(NC2CC(C)OC(C)C2)cc1Cl. The Morgan fingerprint density at radius 2 is 1.90 bits per heavy atom. The summed E-state index contributed by atoms with van der Waals surface area (Å²) in [5.74, 6) is 0.737. The standard InChI is InChI=1S/C16H24ClNO2/c1-10(2)19-16-6-5-13(9-15(16)17)18-14-7-11(3)20-12(4)8-14/h5-6,9-12,14,18H,7-8H2,1-4H3. The number of benzene rings is 1. The molecule has 1 aromatic rings. The Morgan fingerprint density at radius 1 is 1.25 bits per heavy atom. The molecule has 0 saturated carbocycles. The van der Waals surface area contributed by atoms with Gasteiger partial charge in [-0.1, -0.05) is 11.6 Å². The summed E-state index contributed by atoms with van der Waals surface area (Å²) in [4.78, 5) is 0. The fourth-order valence-corrected chi connectivity index (χ4v) is 2.92. The summed E-state index contributed by atoms with van der Waals surface area (Å²) in [5, 5.41) is 4.19. The lowest BCUT2D eigenvalue weighted by molar-refractivity contribution is -0.0337. The quantitative estimate of drug-likeness (QED) is 0.888. The van der Waals surface area contributed by atoms with Crippen LogP contribution in [0.1, 0.15) is 40.5 Å². The van der Waals surface area contributed by atoms with Crippen LogP contribution in [0.15, 0.2) is 18.2 Å². The zero-order valence-electron chi connectivity index (χ0n) is 12.7. The normalized spacial score (nSPS) is 26.6. The third kappa shape index (κ3) is 4.29. The summed E-state index contributed by atoms with van der Waals surface area (Å²) in [6.45, 7) is 8.23. The molecule has 0 bridgehead atoms. The van der Waals surface area contributed by atoms with Gasteiger partial charge in [-0.05, 0) is 58.7 Å². The Hall–Kier alpha value is -0.930. The van der Waals surface area contributed by atoms with Crippen LogP contribution in [0, 0.1) is 0 Å². The highest BCUT2D eigenvalue weighted by molar-refractivity contribution is 6.32. The lowest BCUT2D eigenvalue weighted by atomic mass is 9.99. The molecule has 1 aliphatic heterocycles. The van der Waals surface area contributed by atoms with E-state index in [-0.39, 0.29) is 6.10 Å². The number of hydrogen-bond donors (Lipinski definition) is 1. The summed E-state index contributed by atoms with van der Waals surface area (Å²) in [6.07, 6.45) is 2.77. The number of anilines is 1. The third-order valence-electron chi connectivity index (χ3n) is 3.36. The van der Waals surface area contributed by atoms with Crippen LogP contribution in [0.5, 0.6) is 5.75 Å².